The van der Waals surface area contributed by atoms with E-state index < -0.39 is 0 Å². The van der Waals surface area contributed by atoms with E-state index in [4.69, 9.17) is 9.41 Å². The fourth-order valence-electron chi connectivity index (χ4n) is 3.44. The topological polar surface area (TPSA) is 69.8 Å². The molecule has 0 atom stereocenters. The zero-order chi connectivity index (χ0) is 18.0. The summed E-state index contributed by atoms with van der Waals surface area (Å²) >= 11 is 0. The first kappa shape index (κ1) is 19.6. The van der Waals surface area contributed by atoms with Crippen LogP contribution >= 0.6 is 0 Å². The van der Waals surface area contributed by atoms with E-state index in [0.29, 0.717) is 6.54 Å². The average molecular weight is 348 g/mol. The van der Waals surface area contributed by atoms with Crippen LogP contribution in [0, 0.1) is 5.41 Å². The second-order valence-corrected chi connectivity index (χ2v) is 7.27. The van der Waals surface area contributed by atoms with E-state index >= 15 is 0 Å². The van der Waals surface area contributed by atoms with Crippen molar-refractivity contribution in [2.24, 2.45) is 10.4 Å². The first-order valence-corrected chi connectivity index (χ1v) is 9.43. The van der Waals surface area contributed by atoms with Crippen LogP contribution in [0.2, 0.25) is 0 Å². The van der Waals surface area contributed by atoms with Crippen molar-refractivity contribution in [3.05, 3.63) is 36.3 Å². The summed E-state index contributed by atoms with van der Waals surface area (Å²) in [5.74, 6) is 1.79. The zero-order valence-corrected chi connectivity index (χ0v) is 15.5. The van der Waals surface area contributed by atoms with Crippen LogP contribution in [0.3, 0.4) is 0 Å². The van der Waals surface area contributed by atoms with Crippen molar-refractivity contribution in [1.82, 2.24) is 10.6 Å². The molecule has 0 radical (unpaired) electrons. The third-order valence-corrected chi connectivity index (χ3v) is 4.93. The first-order valence-electron chi connectivity index (χ1n) is 9.43. The molecule has 2 rings (SSSR count). The Morgan fingerprint density at radius 3 is 2.76 bits per heavy atom. The minimum absolute atomic E-state index is 0.159. The molecule has 3 N–H and O–H groups in total. The predicted molar refractivity (Wildman–Crippen MR) is 103 cm³/mol. The molecule has 1 aromatic rings. The number of aliphatic hydroxyl groups is 1. The maximum Gasteiger partial charge on any atom is 0.191 e. The van der Waals surface area contributed by atoms with E-state index in [0.717, 1.165) is 56.1 Å². The lowest BCUT2D eigenvalue weighted by molar-refractivity contribution is 0.137. The molecule has 1 saturated carbocycles. The number of nitrogens with zero attached hydrogens (tertiary/aromatic N) is 1. The van der Waals surface area contributed by atoms with Gasteiger partial charge in [-0.3, -0.25) is 4.99 Å². The van der Waals surface area contributed by atoms with Crippen molar-refractivity contribution in [3.63, 3.8) is 0 Å². The molecule has 1 heterocycles. The summed E-state index contributed by atoms with van der Waals surface area (Å²) in [6.07, 6.45) is 9.49. The molecular weight excluding hydrogens is 314 g/mol. The summed E-state index contributed by atoms with van der Waals surface area (Å²) in [4.78, 5) is 4.84. The van der Waals surface area contributed by atoms with Crippen LogP contribution in [0.4, 0.5) is 0 Å². The van der Waals surface area contributed by atoms with Gasteiger partial charge >= 0.3 is 0 Å². The Morgan fingerprint density at radius 2 is 2.12 bits per heavy atom. The quantitative estimate of drug-likeness (QED) is 0.364. The summed E-state index contributed by atoms with van der Waals surface area (Å²) in [6.45, 7) is 8.43. The Kier molecular flexibility index (Phi) is 8.06. The molecular formula is C20H33N3O2. The monoisotopic (exact) mass is 347 g/mol. The van der Waals surface area contributed by atoms with Crippen molar-refractivity contribution in [2.45, 2.75) is 51.9 Å². The van der Waals surface area contributed by atoms with Crippen molar-refractivity contribution in [3.8, 4) is 0 Å². The zero-order valence-electron chi connectivity index (χ0n) is 15.5. The van der Waals surface area contributed by atoms with E-state index in [2.05, 4.69) is 17.2 Å². The highest BCUT2D eigenvalue weighted by molar-refractivity contribution is 5.80. The number of aliphatic hydroxyl groups excluding tert-OH is 1. The maximum absolute atomic E-state index is 9.47. The number of guanidine groups is 1. The van der Waals surface area contributed by atoms with Gasteiger partial charge in [-0.1, -0.05) is 31.4 Å². The Labute approximate surface area is 151 Å². The number of furan rings is 1. The lowest BCUT2D eigenvalue weighted by Gasteiger charge is -2.35. The predicted octanol–water partition coefficient (Wildman–Crippen LogP) is 3.27. The van der Waals surface area contributed by atoms with Gasteiger partial charge in [-0.05, 0) is 43.7 Å². The van der Waals surface area contributed by atoms with E-state index in [1.54, 1.807) is 6.26 Å². The average Bonchev–Trinajstić information content (AvgIpc) is 3.11. The van der Waals surface area contributed by atoms with Crippen molar-refractivity contribution in [2.75, 3.05) is 26.2 Å². The summed E-state index contributed by atoms with van der Waals surface area (Å²) in [7, 11) is 0. The van der Waals surface area contributed by atoms with Gasteiger partial charge in [-0.25, -0.2) is 0 Å². The van der Waals surface area contributed by atoms with Crippen molar-refractivity contribution >= 4 is 5.96 Å². The highest BCUT2D eigenvalue weighted by atomic mass is 16.3. The van der Waals surface area contributed by atoms with Crippen LogP contribution in [0.15, 0.2) is 40.0 Å². The fourth-order valence-corrected chi connectivity index (χ4v) is 3.44. The van der Waals surface area contributed by atoms with E-state index in [9.17, 15) is 5.11 Å². The number of nitrogens with one attached hydrogen (secondary N) is 2. The molecule has 0 spiro atoms. The number of aliphatic imine (C=N–C) groups is 1. The minimum atomic E-state index is 0.159. The minimum Gasteiger partial charge on any atom is -0.469 e. The van der Waals surface area contributed by atoms with Gasteiger partial charge in [-0.15, -0.1) is 0 Å². The molecule has 1 aromatic heterocycles. The van der Waals surface area contributed by atoms with Crippen LogP contribution in [-0.2, 0) is 6.42 Å². The number of hydrogen-bond acceptors (Lipinski definition) is 3. The van der Waals surface area contributed by atoms with Gasteiger partial charge in [0, 0.05) is 32.7 Å². The standard InChI is InChI=1S/C20H33N3O2/c1-17(2)15-22-19(21-12-8-18-7-6-14-25-18)23-16-20(11-13-24)9-4-3-5-10-20/h6-7,14,24H,1,3-5,8-13,15-16H2,2H3,(H2,21,22,23). The Bertz CT molecular complexity index is 526. The first-order chi connectivity index (χ1) is 12.1. The van der Waals surface area contributed by atoms with Gasteiger partial charge in [0.15, 0.2) is 5.96 Å². The highest BCUT2D eigenvalue weighted by Gasteiger charge is 2.31. The Balaban J connectivity index is 1.93. The molecule has 0 aliphatic heterocycles. The molecule has 0 bridgehead atoms. The molecule has 5 nitrogen and oxygen atoms in total. The number of hydrogen-bond donors (Lipinski definition) is 3. The van der Waals surface area contributed by atoms with Crippen LogP contribution in [-0.4, -0.2) is 37.3 Å². The fraction of sp³-hybridized carbons (Fsp3) is 0.650. The van der Waals surface area contributed by atoms with Crippen LogP contribution in [0.5, 0.6) is 0 Å². The molecule has 1 aliphatic carbocycles. The molecule has 1 fully saturated rings. The second-order valence-electron chi connectivity index (χ2n) is 7.27. The van der Waals surface area contributed by atoms with Gasteiger partial charge in [-0.2, -0.15) is 0 Å². The maximum atomic E-state index is 9.47. The normalized spacial score (nSPS) is 17.3. The highest BCUT2D eigenvalue weighted by Crippen LogP contribution is 2.39. The van der Waals surface area contributed by atoms with Gasteiger partial charge in [0.25, 0.3) is 0 Å². The van der Waals surface area contributed by atoms with E-state index in [1.807, 2.05) is 19.1 Å². The third kappa shape index (κ3) is 6.94. The largest absolute Gasteiger partial charge is 0.469 e. The Morgan fingerprint density at radius 1 is 1.32 bits per heavy atom. The van der Waals surface area contributed by atoms with E-state index in [-0.39, 0.29) is 12.0 Å². The lowest BCUT2D eigenvalue weighted by Crippen LogP contribution is -2.40. The molecule has 25 heavy (non-hydrogen) atoms. The molecule has 0 unspecified atom stereocenters. The summed E-state index contributed by atoms with van der Waals surface area (Å²) in [6, 6.07) is 3.89. The SMILES string of the molecule is C=C(C)CNC(=NCC1(CCO)CCCCC1)NCCc1ccco1. The molecule has 1 aliphatic rings. The van der Waals surface area contributed by atoms with Gasteiger partial charge < -0.3 is 20.2 Å². The Hall–Kier alpha value is -1.75. The lowest BCUT2D eigenvalue weighted by atomic mass is 9.72. The summed E-state index contributed by atoms with van der Waals surface area (Å²) < 4.78 is 5.37. The molecule has 140 valence electrons. The van der Waals surface area contributed by atoms with Crippen LogP contribution in [0.1, 0.15) is 51.2 Å². The van der Waals surface area contributed by atoms with Crippen molar-refractivity contribution < 1.29 is 9.52 Å². The summed E-state index contributed by atoms with van der Waals surface area (Å²) in [5.41, 5.74) is 1.23. The smallest absolute Gasteiger partial charge is 0.191 e. The van der Waals surface area contributed by atoms with E-state index in [1.165, 1.54) is 19.3 Å². The molecule has 0 saturated heterocycles. The van der Waals surface area contributed by atoms with Crippen LogP contribution < -0.4 is 10.6 Å². The van der Waals surface area contributed by atoms with Crippen LogP contribution in [0.25, 0.3) is 0 Å². The third-order valence-electron chi connectivity index (χ3n) is 4.93. The second kappa shape index (κ2) is 10.3. The molecule has 5 heteroatoms. The summed E-state index contributed by atoms with van der Waals surface area (Å²) in [5, 5.41) is 16.2. The van der Waals surface area contributed by atoms with Gasteiger partial charge in [0.05, 0.1) is 6.26 Å². The van der Waals surface area contributed by atoms with Crippen molar-refractivity contribution in [1.29, 1.82) is 0 Å². The molecule has 0 aromatic carbocycles. The molecule has 0 amide bonds. The van der Waals surface area contributed by atoms with Gasteiger partial charge in [0.1, 0.15) is 5.76 Å². The van der Waals surface area contributed by atoms with Gasteiger partial charge in [0.2, 0.25) is 0 Å². The number of rotatable bonds is 9.